The van der Waals surface area contributed by atoms with Gasteiger partial charge in [-0.05, 0) is 57.0 Å². The topological polar surface area (TPSA) is 98.9 Å². The third-order valence-corrected chi connectivity index (χ3v) is 5.52. The fourth-order valence-electron chi connectivity index (χ4n) is 3.64. The number of fused-ring (bicyclic) bond motifs is 1. The average molecular weight is 448 g/mol. The molecule has 1 aromatic heterocycles. The minimum Gasteiger partial charge on any atom is -0.489 e. The maximum atomic E-state index is 12.4. The van der Waals surface area contributed by atoms with E-state index in [9.17, 15) is 14.4 Å². The van der Waals surface area contributed by atoms with Crippen molar-refractivity contribution in [3.63, 3.8) is 0 Å². The summed E-state index contributed by atoms with van der Waals surface area (Å²) in [4.78, 5) is 38.4. The average Bonchev–Trinajstić information content (AvgIpc) is 3.28. The summed E-state index contributed by atoms with van der Waals surface area (Å²) in [5.74, 6) is 0.222. The second kappa shape index (κ2) is 9.68. The molecule has 0 aliphatic carbocycles. The van der Waals surface area contributed by atoms with E-state index >= 15 is 0 Å². The van der Waals surface area contributed by atoms with Crippen LogP contribution in [-0.4, -0.2) is 41.0 Å². The lowest BCUT2D eigenvalue weighted by Gasteiger charge is -2.13. The summed E-state index contributed by atoms with van der Waals surface area (Å²) in [6.07, 6.45) is 1.07. The summed E-state index contributed by atoms with van der Waals surface area (Å²) >= 11 is 0. The van der Waals surface area contributed by atoms with Crippen LogP contribution in [0, 0.1) is 13.8 Å². The van der Waals surface area contributed by atoms with Gasteiger partial charge in [-0.25, -0.2) is 4.79 Å². The van der Waals surface area contributed by atoms with Gasteiger partial charge >= 0.3 is 5.97 Å². The summed E-state index contributed by atoms with van der Waals surface area (Å²) in [5, 5.41) is 3.90. The van der Waals surface area contributed by atoms with Crippen LogP contribution in [0.4, 0.5) is 0 Å². The number of benzene rings is 2. The molecule has 1 aliphatic heterocycles. The number of unbranched alkanes of at least 4 members (excludes halogenated alkanes) is 1. The van der Waals surface area contributed by atoms with Gasteiger partial charge in [0.25, 0.3) is 11.8 Å². The van der Waals surface area contributed by atoms with E-state index in [0.717, 1.165) is 11.3 Å². The molecule has 0 atom stereocenters. The Balaban J connectivity index is 1.22. The Bertz CT molecular complexity index is 1140. The number of hydrogen-bond donors (Lipinski definition) is 0. The molecule has 4 rings (SSSR count). The molecular formula is C25H24N2O6. The van der Waals surface area contributed by atoms with Crippen molar-refractivity contribution in [2.45, 2.75) is 33.3 Å². The molecule has 0 N–H and O–H groups in total. The number of carbonyl (C=O) groups excluding carboxylic acids is 3. The van der Waals surface area contributed by atoms with Crippen molar-refractivity contribution in [1.29, 1.82) is 0 Å². The molecule has 2 aromatic carbocycles. The molecule has 0 fully saturated rings. The second-order valence-electron chi connectivity index (χ2n) is 7.77. The molecule has 0 radical (unpaired) electrons. The lowest BCUT2D eigenvalue weighted by molar-refractivity contribution is 0.0485. The van der Waals surface area contributed by atoms with Gasteiger partial charge in [0.15, 0.2) is 0 Å². The van der Waals surface area contributed by atoms with Crippen molar-refractivity contribution in [3.8, 4) is 5.75 Å². The number of imide groups is 1. The number of hydrogen-bond acceptors (Lipinski definition) is 7. The summed E-state index contributed by atoms with van der Waals surface area (Å²) in [6.45, 7) is 4.43. The van der Waals surface area contributed by atoms with E-state index in [-0.39, 0.29) is 31.6 Å². The number of nitrogens with zero attached hydrogens (tertiary/aromatic N) is 2. The van der Waals surface area contributed by atoms with E-state index in [1.165, 1.54) is 4.90 Å². The van der Waals surface area contributed by atoms with Crippen LogP contribution < -0.4 is 4.74 Å². The van der Waals surface area contributed by atoms with Crippen molar-refractivity contribution in [2.75, 3.05) is 13.2 Å². The lowest BCUT2D eigenvalue weighted by Crippen LogP contribution is -2.30. The normalized spacial score (nSPS) is 12.7. The summed E-state index contributed by atoms with van der Waals surface area (Å²) in [7, 11) is 0. The molecule has 3 aromatic rings. The van der Waals surface area contributed by atoms with E-state index in [4.69, 9.17) is 14.0 Å². The van der Waals surface area contributed by atoms with Crippen LogP contribution in [0.25, 0.3) is 0 Å². The third-order valence-electron chi connectivity index (χ3n) is 5.52. The molecule has 0 spiro atoms. The molecule has 33 heavy (non-hydrogen) atoms. The monoisotopic (exact) mass is 448 g/mol. The molecular weight excluding hydrogens is 424 g/mol. The van der Waals surface area contributed by atoms with Crippen molar-refractivity contribution in [3.05, 3.63) is 82.2 Å². The van der Waals surface area contributed by atoms with E-state index in [1.807, 2.05) is 13.8 Å². The fraction of sp³-hybridized carbons (Fsp3) is 0.280. The Hall–Kier alpha value is -3.94. The highest BCUT2D eigenvalue weighted by atomic mass is 16.5. The maximum absolute atomic E-state index is 12.4. The van der Waals surface area contributed by atoms with Crippen LogP contribution in [0.1, 0.15) is 60.9 Å². The van der Waals surface area contributed by atoms with Crippen molar-refractivity contribution < 1.29 is 28.4 Å². The third kappa shape index (κ3) is 4.79. The first-order chi connectivity index (χ1) is 16.0. The zero-order chi connectivity index (χ0) is 23.4. The maximum Gasteiger partial charge on any atom is 0.338 e. The molecule has 8 heteroatoms. The van der Waals surface area contributed by atoms with Gasteiger partial charge in [0.1, 0.15) is 18.1 Å². The van der Waals surface area contributed by atoms with Crippen LogP contribution in [0.5, 0.6) is 5.75 Å². The molecule has 0 bridgehead atoms. The first kappa shape index (κ1) is 22.3. The van der Waals surface area contributed by atoms with Gasteiger partial charge < -0.3 is 14.0 Å². The number of aromatic nitrogens is 1. The van der Waals surface area contributed by atoms with E-state index in [0.29, 0.717) is 41.0 Å². The van der Waals surface area contributed by atoms with E-state index < -0.39 is 5.97 Å². The number of aryl methyl sites for hydroxylation is 2. The Labute approximate surface area is 191 Å². The number of ether oxygens (including phenoxy) is 2. The van der Waals surface area contributed by atoms with Gasteiger partial charge in [0.05, 0.1) is 34.6 Å². The SMILES string of the molecule is Cc1noc(C)c1COc1cccc(C(=O)OCCCCN2C(=O)c3ccccc3C2=O)c1. The minimum absolute atomic E-state index is 0.187. The first-order valence-electron chi connectivity index (χ1n) is 10.7. The summed E-state index contributed by atoms with van der Waals surface area (Å²) in [6, 6.07) is 13.6. The van der Waals surface area contributed by atoms with Crippen molar-refractivity contribution in [1.82, 2.24) is 10.1 Å². The van der Waals surface area contributed by atoms with Gasteiger partial charge in [-0.2, -0.15) is 0 Å². The molecule has 0 saturated heterocycles. The highest BCUT2D eigenvalue weighted by molar-refractivity contribution is 6.21. The Morgan fingerprint density at radius 2 is 1.73 bits per heavy atom. The van der Waals surface area contributed by atoms with Gasteiger partial charge in [-0.15, -0.1) is 0 Å². The second-order valence-corrected chi connectivity index (χ2v) is 7.77. The zero-order valence-corrected chi connectivity index (χ0v) is 18.5. The van der Waals surface area contributed by atoms with E-state index in [1.54, 1.807) is 48.5 Å². The number of esters is 1. The number of carbonyl (C=O) groups is 3. The number of amides is 2. The highest BCUT2D eigenvalue weighted by Crippen LogP contribution is 2.23. The molecule has 170 valence electrons. The predicted octanol–water partition coefficient (Wildman–Crippen LogP) is 4.10. The van der Waals surface area contributed by atoms with Crippen molar-refractivity contribution in [2.24, 2.45) is 0 Å². The van der Waals surface area contributed by atoms with Crippen LogP contribution in [0.2, 0.25) is 0 Å². The minimum atomic E-state index is -0.460. The Kier molecular flexibility index (Phi) is 6.53. The molecule has 0 saturated carbocycles. The summed E-state index contributed by atoms with van der Waals surface area (Å²) < 4.78 is 16.2. The van der Waals surface area contributed by atoms with Crippen molar-refractivity contribution >= 4 is 17.8 Å². The largest absolute Gasteiger partial charge is 0.489 e. The number of rotatable bonds is 9. The highest BCUT2D eigenvalue weighted by Gasteiger charge is 2.34. The fourth-order valence-corrected chi connectivity index (χ4v) is 3.64. The molecule has 1 aliphatic rings. The molecule has 0 unspecified atom stereocenters. The standard InChI is InChI=1S/C25H24N2O6/c1-16-22(17(2)33-26-16)15-32-19-9-7-8-18(14-19)25(30)31-13-6-5-12-27-23(28)20-10-3-4-11-21(20)24(27)29/h3-4,7-11,14H,5-6,12-13,15H2,1-2H3. The van der Waals surface area contributed by atoms with Gasteiger partial charge in [-0.3, -0.25) is 14.5 Å². The zero-order valence-electron chi connectivity index (χ0n) is 18.5. The van der Waals surface area contributed by atoms with Crippen LogP contribution in [-0.2, 0) is 11.3 Å². The van der Waals surface area contributed by atoms with Crippen LogP contribution in [0.3, 0.4) is 0 Å². The smallest absolute Gasteiger partial charge is 0.338 e. The Morgan fingerprint density at radius 1 is 1.00 bits per heavy atom. The molecule has 8 nitrogen and oxygen atoms in total. The van der Waals surface area contributed by atoms with E-state index in [2.05, 4.69) is 5.16 Å². The summed E-state index contributed by atoms with van der Waals surface area (Å²) in [5.41, 5.74) is 2.90. The predicted molar refractivity (Wildman–Crippen MR) is 118 cm³/mol. The van der Waals surface area contributed by atoms with Gasteiger partial charge in [-0.1, -0.05) is 23.4 Å². The van der Waals surface area contributed by atoms with Crippen LogP contribution >= 0.6 is 0 Å². The van der Waals surface area contributed by atoms with Crippen LogP contribution in [0.15, 0.2) is 53.1 Å². The first-order valence-corrected chi connectivity index (χ1v) is 10.7. The van der Waals surface area contributed by atoms with Gasteiger partial charge in [0.2, 0.25) is 0 Å². The quantitative estimate of drug-likeness (QED) is 0.276. The molecule has 2 amide bonds. The Morgan fingerprint density at radius 3 is 2.39 bits per heavy atom. The lowest BCUT2D eigenvalue weighted by atomic mass is 10.1. The van der Waals surface area contributed by atoms with Gasteiger partial charge in [0, 0.05) is 6.54 Å². The molecule has 2 heterocycles.